The van der Waals surface area contributed by atoms with E-state index in [4.69, 9.17) is 5.73 Å². The normalized spacial score (nSPS) is 16.7. The summed E-state index contributed by atoms with van der Waals surface area (Å²) in [7, 11) is 0. The Kier molecular flexibility index (Phi) is 4.94. The van der Waals surface area contributed by atoms with E-state index in [2.05, 4.69) is 36.0 Å². The van der Waals surface area contributed by atoms with Gasteiger partial charge in [0.1, 0.15) is 6.17 Å². The quantitative estimate of drug-likeness (QED) is 0.821. The van der Waals surface area contributed by atoms with Crippen molar-refractivity contribution in [1.82, 2.24) is 10.3 Å². The Morgan fingerprint density at radius 3 is 2.68 bits per heavy atom. The average Bonchev–Trinajstić information content (AvgIpc) is 2.32. The second-order valence-electron chi connectivity index (χ2n) is 7.39. The number of pyridine rings is 1. The molecule has 5 heteroatoms. The largest absolute Gasteiger partial charge is 0.396 e. The molecule has 3 N–H and O–H groups in total. The molecule has 1 aliphatic carbocycles. The van der Waals surface area contributed by atoms with Crippen LogP contribution in [0.4, 0.5) is 11.5 Å². The Bertz CT molecular complexity index is 520. The van der Waals surface area contributed by atoms with Crippen LogP contribution in [0.15, 0.2) is 18.3 Å². The number of nitrogens with two attached hydrogens (primary N) is 1. The molecule has 1 aromatic rings. The Labute approximate surface area is 133 Å². The summed E-state index contributed by atoms with van der Waals surface area (Å²) in [6, 6.07) is 4.10. The van der Waals surface area contributed by atoms with Gasteiger partial charge >= 0.3 is 0 Å². The topological polar surface area (TPSA) is 71.2 Å². The number of hydrogen-bond donors (Lipinski definition) is 2. The van der Waals surface area contributed by atoms with Crippen LogP contribution in [-0.4, -0.2) is 23.1 Å². The zero-order chi connectivity index (χ0) is 16.3. The number of nitrogen functional groups attached to an aromatic ring is 1. The number of nitrogens with one attached hydrogen (secondary N) is 1. The Morgan fingerprint density at radius 2 is 2.18 bits per heavy atom. The van der Waals surface area contributed by atoms with E-state index in [-0.39, 0.29) is 17.5 Å². The average molecular weight is 304 g/mol. The summed E-state index contributed by atoms with van der Waals surface area (Å²) in [6.07, 6.45) is 5.60. The number of aromatic nitrogens is 1. The van der Waals surface area contributed by atoms with Gasteiger partial charge in [0.15, 0.2) is 5.82 Å². The number of hydrogen-bond acceptors (Lipinski definition) is 4. The molecule has 22 heavy (non-hydrogen) atoms. The first-order valence-corrected chi connectivity index (χ1v) is 8.06. The van der Waals surface area contributed by atoms with Gasteiger partial charge < -0.3 is 16.0 Å². The highest BCUT2D eigenvalue weighted by molar-refractivity contribution is 5.77. The van der Waals surface area contributed by atoms with Crippen molar-refractivity contribution in [1.29, 1.82) is 0 Å². The summed E-state index contributed by atoms with van der Waals surface area (Å²) in [6.45, 7) is 8.21. The van der Waals surface area contributed by atoms with Crippen LogP contribution in [0.25, 0.3) is 0 Å². The van der Waals surface area contributed by atoms with Gasteiger partial charge in [-0.15, -0.1) is 0 Å². The Hall–Kier alpha value is -1.78. The summed E-state index contributed by atoms with van der Waals surface area (Å²) >= 11 is 0. The van der Waals surface area contributed by atoms with Crippen LogP contribution in [0.3, 0.4) is 0 Å². The third-order valence-corrected chi connectivity index (χ3v) is 4.01. The second-order valence-corrected chi connectivity index (χ2v) is 7.39. The number of amides is 1. The van der Waals surface area contributed by atoms with Gasteiger partial charge in [0.2, 0.25) is 5.91 Å². The van der Waals surface area contributed by atoms with Crippen LogP contribution in [0.2, 0.25) is 0 Å². The zero-order valence-corrected chi connectivity index (χ0v) is 14.1. The lowest BCUT2D eigenvalue weighted by atomic mass is 9.90. The molecule has 2 rings (SSSR count). The fourth-order valence-corrected chi connectivity index (χ4v) is 2.80. The van der Waals surface area contributed by atoms with Crippen molar-refractivity contribution in [3.8, 4) is 0 Å². The number of nitrogens with zero attached hydrogens (tertiary/aromatic N) is 2. The number of rotatable bonds is 5. The molecule has 1 aliphatic rings. The molecule has 1 atom stereocenters. The molecule has 1 aromatic heterocycles. The molecule has 0 bridgehead atoms. The van der Waals surface area contributed by atoms with E-state index in [0.717, 1.165) is 18.7 Å². The van der Waals surface area contributed by atoms with Crippen LogP contribution in [0, 0.1) is 5.41 Å². The maximum absolute atomic E-state index is 12.2. The van der Waals surface area contributed by atoms with E-state index in [9.17, 15) is 4.79 Å². The molecule has 1 amide bonds. The van der Waals surface area contributed by atoms with Gasteiger partial charge in [-0.3, -0.25) is 4.79 Å². The third kappa shape index (κ3) is 4.12. The summed E-state index contributed by atoms with van der Waals surface area (Å²) in [5.74, 6) is 0.842. The van der Waals surface area contributed by atoms with Crippen molar-refractivity contribution in [2.24, 2.45) is 5.41 Å². The van der Waals surface area contributed by atoms with Crippen molar-refractivity contribution < 1.29 is 4.79 Å². The monoisotopic (exact) mass is 304 g/mol. The zero-order valence-electron chi connectivity index (χ0n) is 14.1. The minimum Gasteiger partial charge on any atom is -0.396 e. The molecule has 1 saturated carbocycles. The first kappa shape index (κ1) is 16.6. The van der Waals surface area contributed by atoms with Gasteiger partial charge in [-0.2, -0.15) is 0 Å². The van der Waals surface area contributed by atoms with Gasteiger partial charge in [0, 0.05) is 18.7 Å². The summed E-state index contributed by atoms with van der Waals surface area (Å²) < 4.78 is 0. The summed E-state index contributed by atoms with van der Waals surface area (Å²) in [4.78, 5) is 18.8. The van der Waals surface area contributed by atoms with Crippen LogP contribution in [-0.2, 0) is 4.79 Å². The predicted octanol–water partition coefficient (Wildman–Crippen LogP) is 2.92. The number of carbonyl (C=O) groups excluding carboxylic acids is 1. The van der Waals surface area contributed by atoms with Crippen molar-refractivity contribution >= 4 is 17.4 Å². The maximum atomic E-state index is 12.2. The van der Waals surface area contributed by atoms with Gasteiger partial charge in [-0.1, -0.05) is 20.8 Å². The van der Waals surface area contributed by atoms with Crippen molar-refractivity contribution in [2.75, 3.05) is 10.6 Å². The molecule has 0 spiro atoms. The molecule has 122 valence electrons. The minimum absolute atomic E-state index is 0.0187. The maximum Gasteiger partial charge on any atom is 0.222 e. The van der Waals surface area contributed by atoms with E-state index >= 15 is 0 Å². The molecule has 0 unspecified atom stereocenters. The first-order valence-electron chi connectivity index (χ1n) is 8.06. The van der Waals surface area contributed by atoms with E-state index < -0.39 is 0 Å². The van der Waals surface area contributed by atoms with Gasteiger partial charge in [-0.25, -0.2) is 4.98 Å². The van der Waals surface area contributed by atoms with E-state index in [1.54, 1.807) is 6.20 Å². The molecule has 1 heterocycles. The molecule has 0 radical (unpaired) electrons. The molecular weight excluding hydrogens is 276 g/mol. The lowest BCUT2D eigenvalue weighted by molar-refractivity contribution is -0.123. The third-order valence-electron chi connectivity index (χ3n) is 4.01. The fourth-order valence-electron chi connectivity index (χ4n) is 2.80. The highest BCUT2D eigenvalue weighted by Gasteiger charge is 2.31. The fraction of sp³-hybridized carbons (Fsp3) is 0.647. The smallest absolute Gasteiger partial charge is 0.222 e. The Morgan fingerprint density at radius 1 is 1.50 bits per heavy atom. The van der Waals surface area contributed by atoms with E-state index in [0.29, 0.717) is 18.2 Å². The molecule has 5 nitrogen and oxygen atoms in total. The van der Waals surface area contributed by atoms with Crippen molar-refractivity contribution in [2.45, 2.75) is 65.6 Å². The predicted molar refractivity (Wildman–Crippen MR) is 90.4 cm³/mol. The molecule has 0 aliphatic heterocycles. The van der Waals surface area contributed by atoms with E-state index in [1.807, 2.05) is 19.1 Å². The highest BCUT2D eigenvalue weighted by atomic mass is 16.1. The van der Waals surface area contributed by atoms with Crippen molar-refractivity contribution in [3.05, 3.63) is 18.3 Å². The number of anilines is 2. The minimum atomic E-state index is -0.114. The van der Waals surface area contributed by atoms with Gasteiger partial charge in [0.05, 0.1) is 5.69 Å². The molecule has 0 saturated heterocycles. The van der Waals surface area contributed by atoms with Gasteiger partial charge in [0.25, 0.3) is 0 Å². The van der Waals surface area contributed by atoms with Crippen LogP contribution < -0.4 is 16.0 Å². The highest BCUT2D eigenvalue weighted by Crippen LogP contribution is 2.32. The first-order chi connectivity index (χ1) is 10.3. The van der Waals surface area contributed by atoms with Crippen molar-refractivity contribution in [3.63, 3.8) is 0 Å². The Balaban J connectivity index is 2.12. The SMILES string of the molecule is C[C@@H](NC(=O)CC(C)(C)C)N(c1ncccc1N)C1CCC1. The van der Waals surface area contributed by atoms with Crippen LogP contribution in [0.1, 0.15) is 53.4 Å². The standard InChI is InChI=1S/C17H28N4O/c1-12(20-15(22)11-17(2,3)4)21(13-7-5-8-13)16-14(18)9-6-10-19-16/h6,9-10,12-13H,5,7-8,11,18H2,1-4H3,(H,20,22)/t12-/m0/s1. The molecule has 0 aromatic carbocycles. The summed E-state index contributed by atoms with van der Waals surface area (Å²) in [5.41, 5.74) is 6.73. The van der Waals surface area contributed by atoms with Crippen LogP contribution >= 0.6 is 0 Å². The summed E-state index contributed by atoms with van der Waals surface area (Å²) in [5, 5.41) is 3.10. The lowest BCUT2D eigenvalue weighted by Crippen LogP contribution is -2.54. The second kappa shape index (κ2) is 6.55. The number of carbonyl (C=O) groups is 1. The van der Waals surface area contributed by atoms with E-state index in [1.165, 1.54) is 6.42 Å². The van der Waals surface area contributed by atoms with Crippen LogP contribution in [0.5, 0.6) is 0 Å². The molecular formula is C17H28N4O. The molecule has 1 fully saturated rings. The van der Waals surface area contributed by atoms with Gasteiger partial charge in [-0.05, 0) is 43.7 Å². The lowest BCUT2D eigenvalue weighted by Gasteiger charge is -2.42.